The van der Waals surface area contributed by atoms with Gasteiger partial charge in [0.05, 0.1) is 12.5 Å². The van der Waals surface area contributed by atoms with Gasteiger partial charge in [-0.2, -0.15) is 0 Å². The van der Waals surface area contributed by atoms with E-state index in [2.05, 4.69) is 25.9 Å². The van der Waals surface area contributed by atoms with E-state index in [1.165, 1.54) is 0 Å². The molecular formula is C21H39N11O8. The van der Waals surface area contributed by atoms with Crippen molar-refractivity contribution >= 4 is 47.5 Å². The Bertz CT molecular complexity index is 964. The summed E-state index contributed by atoms with van der Waals surface area (Å²) in [5.74, 6) is -6.67. The van der Waals surface area contributed by atoms with Gasteiger partial charge >= 0.3 is 11.9 Å². The molecule has 0 rings (SSSR count). The molecule has 0 aliphatic rings. The number of aliphatic carboxylic acids is 2. The van der Waals surface area contributed by atoms with Crippen LogP contribution in [-0.4, -0.2) is 95.0 Å². The van der Waals surface area contributed by atoms with Crippen molar-refractivity contribution in [3.8, 4) is 0 Å². The molecule has 0 spiro atoms. The number of carbonyl (C=O) groups excluding carboxylic acids is 4. The molecule has 0 aliphatic carbocycles. The Morgan fingerprint density at radius 2 is 1.07 bits per heavy atom. The summed E-state index contributed by atoms with van der Waals surface area (Å²) in [5, 5.41) is 25.5. The van der Waals surface area contributed by atoms with Crippen LogP contribution in [0.2, 0.25) is 0 Å². The molecular weight excluding hydrogens is 534 g/mol. The van der Waals surface area contributed by atoms with Gasteiger partial charge in [-0.3, -0.25) is 34.0 Å². The maximum atomic E-state index is 13.0. The van der Waals surface area contributed by atoms with Gasteiger partial charge in [-0.25, -0.2) is 4.79 Å². The second kappa shape index (κ2) is 18.6. The van der Waals surface area contributed by atoms with Crippen molar-refractivity contribution in [1.29, 1.82) is 0 Å². The van der Waals surface area contributed by atoms with Crippen molar-refractivity contribution in [2.24, 2.45) is 44.4 Å². The van der Waals surface area contributed by atoms with Gasteiger partial charge in [0.15, 0.2) is 11.9 Å². The Hall–Kier alpha value is -4.68. The minimum atomic E-state index is -1.47. The average molecular weight is 574 g/mol. The maximum absolute atomic E-state index is 13.0. The predicted octanol–water partition coefficient (Wildman–Crippen LogP) is -5.30. The predicted molar refractivity (Wildman–Crippen MR) is 142 cm³/mol. The molecule has 0 radical (unpaired) electrons. The quantitative estimate of drug-likeness (QED) is 0.0368. The molecule has 0 fully saturated rings. The maximum Gasteiger partial charge on any atom is 0.326 e. The number of nitrogens with zero attached hydrogens (tertiary/aromatic N) is 2. The molecule has 4 unspecified atom stereocenters. The van der Waals surface area contributed by atoms with Crippen molar-refractivity contribution in [2.45, 2.75) is 69.1 Å². The SMILES string of the molecule is NC(=O)CC(N)C(=O)NC(CCC(=O)O)C(=O)NC(CCCN=C(N)N)C(=O)NC(CCCN=C(N)N)C(=O)O. The van der Waals surface area contributed by atoms with Crippen LogP contribution in [0.4, 0.5) is 0 Å². The lowest BCUT2D eigenvalue weighted by molar-refractivity contribution is -0.142. The topological polar surface area (TPSA) is 360 Å². The molecule has 0 bridgehead atoms. The first-order chi connectivity index (χ1) is 18.6. The Morgan fingerprint density at radius 3 is 1.50 bits per heavy atom. The van der Waals surface area contributed by atoms with Crippen molar-refractivity contribution < 1.29 is 39.0 Å². The molecule has 19 nitrogen and oxygen atoms in total. The van der Waals surface area contributed by atoms with Crippen LogP contribution >= 0.6 is 0 Å². The van der Waals surface area contributed by atoms with E-state index < -0.39 is 72.6 Å². The summed E-state index contributed by atoms with van der Waals surface area (Å²) in [6, 6.07) is -5.56. The molecule has 0 saturated heterocycles. The van der Waals surface area contributed by atoms with Gasteiger partial charge < -0.3 is 60.6 Å². The summed E-state index contributed by atoms with van der Waals surface area (Å²) in [6.07, 6.45) is -1.17. The van der Waals surface area contributed by atoms with Gasteiger partial charge in [0.1, 0.15) is 18.1 Å². The number of primary amides is 1. The first-order valence-electron chi connectivity index (χ1n) is 12.1. The fourth-order valence-corrected chi connectivity index (χ4v) is 3.20. The highest BCUT2D eigenvalue weighted by atomic mass is 16.4. The van der Waals surface area contributed by atoms with Crippen LogP contribution < -0.4 is 50.4 Å². The van der Waals surface area contributed by atoms with E-state index >= 15 is 0 Å². The molecule has 40 heavy (non-hydrogen) atoms. The van der Waals surface area contributed by atoms with Crippen molar-refractivity contribution in [1.82, 2.24) is 16.0 Å². The minimum absolute atomic E-state index is 0.0401. The van der Waals surface area contributed by atoms with E-state index in [4.69, 9.17) is 39.5 Å². The Labute approximate surface area is 229 Å². The number of guanidine groups is 2. The molecule has 4 atom stereocenters. The van der Waals surface area contributed by atoms with Crippen molar-refractivity contribution in [2.75, 3.05) is 13.1 Å². The monoisotopic (exact) mass is 573 g/mol. The fraction of sp³-hybridized carbons (Fsp3) is 0.619. The molecule has 4 amide bonds. The number of carboxylic acids is 2. The Morgan fingerprint density at radius 1 is 0.650 bits per heavy atom. The molecule has 0 aromatic heterocycles. The largest absolute Gasteiger partial charge is 0.481 e. The second-order valence-electron chi connectivity index (χ2n) is 8.63. The number of nitrogens with one attached hydrogen (secondary N) is 3. The molecule has 17 N–H and O–H groups in total. The van der Waals surface area contributed by atoms with Gasteiger partial charge in [0.2, 0.25) is 23.6 Å². The summed E-state index contributed by atoms with van der Waals surface area (Å²) in [6.45, 7) is 0.188. The van der Waals surface area contributed by atoms with Gasteiger partial charge in [0.25, 0.3) is 0 Å². The summed E-state index contributed by atoms with van der Waals surface area (Å²) in [5.41, 5.74) is 31.7. The number of carbonyl (C=O) groups is 6. The Kier molecular flexibility index (Phi) is 16.4. The lowest BCUT2D eigenvalue weighted by Crippen LogP contribution is -2.57. The van der Waals surface area contributed by atoms with Gasteiger partial charge in [-0.15, -0.1) is 0 Å². The highest BCUT2D eigenvalue weighted by Gasteiger charge is 2.30. The van der Waals surface area contributed by atoms with Crippen LogP contribution in [0.5, 0.6) is 0 Å². The van der Waals surface area contributed by atoms with Gasteiger partial charge in [-0.05, 0) is 32.1 Å². The average Bonchev–Trinajstić information content (AvgIpc) is 2.83. The van der Waals surface area contributed by atoms with Crippen LogP contribution in [0.3, 0.4) is 0 Å². The third kappa shape index (κ3) is 16.2. The third-order valence-electron chi connectivity index (χ3n) is 5.18. The van der Waals surface area contributed by atoms with Crippen molar-refractivity contribution in [3.63, 3.8) is 0 Å². The molecule has 0 saturated carbocycles. The lowest BCUT2D eigenvalue weighted by atomic mass is 10.1. The molecule has 0 aromatic rings. The Balaban J connectivity index is 5.73. The van der Waals surface area contributed by atoms with Crippen LogP contribution in [0.1, 0.15) is 44.9 Å². The first kappa shape index (κ1) is 35.3. The van der Waals surface area contributed by atoms with Gasteiger partial charge in [0, 0.05) is 19.5 Å². The highest BCUT2D eigenvalue weighted by molar-refractivity contribution is 5.95. The normalized spacial score (nSPS) is 13.4. The minimum Gasteiger partial charge on any atom is -0.481 e. The van der Waals surface area contributed by atoms with Crippen LogP contribution in [0.15, 0.2) is 9.98 Å². The van der Waals surface area contributed by atoms with E-state index in [9.17, 15) is 33.9 Å². The van der Waals surface area contributed by atoms with E-state index in [1.54, 1.807) is 0 Å². The zero-order valence-corrected chi connectivity index (χ0v) is 21.9. The van der Waals surface area contributed by atoms with Crippen LogP contribution in [0.25, 0.3) is 0 Å². The first-order valence-corrected chi connectivity index (χ1v) is 12.1. The lowest BCUT2D eigenvalue weighted by Gasteiger charge is -2.25. The van der Waals surface area contributed by atoms with E-state index in [-0.39, 0.29) is 57.1 Å². The summed E-state index contributed by atoms with van der Waals surface area (Å²) in [7, 11) is 0. The number of nitrogens with two attached hydrogens (primary N) is 6. The van der Waals surface area contributed by atoms with Crippen molar-refractivity contribution in [3.05, 3.63) is 0 Å². The fourth-order valence-electron chi connectivity index (χ4n) is 3.20. The van der Waals surface area contributed by atoms with Gasteiger partial charge in [-0.1, -0.05) is 0 Å². The summed E-state index contributed by atoms with van der Waals surface area (Å²) < 4.78 is 0. The summed E-state index contributed by atoms with van der Waals surface area (Å²) >= 11 is 0. The third-order valence-corrected chi connectivity index (χ3v) is 5.18. The number of hydrogen-bond acceptors (Lipinski definition) is 9. The van der Waals surface area contributed by atoms with E-state index in [0.29, 0.717) is 0 Å². The zero-order chi connectivity index (χ0) is 30.8. The number of amides is 4. The highest BCUT2D eigenvalue weighted by Crippen LogP contribution is 2.06. The van der Waals surface area contributed by atoms with Crippen LogP contribution in [-0.2, 0) is 28.8 Å². The zero-order valence-electron chi connectivity index (χ0n) is 21.9. The smallest absolute Gasteiger partial charge is 0.326 e. The van der Waals surface area contributed by atoms with E-state index in [0.717, 1.165) is 0 Å². The molecule has 0 aromatic carbocycles. The molecule has 0 heterocycles. The number of hydrogen-bond donors (Lipinski definition) is 11. The number of rotatable bonds is 20. The molecule has 19 heteroatoms. The number of carboxylic acid groups (broad SMARTS) is 2. The molecule has 226 valence electrons. The standard InChI is InChI=1S/C21H39N11O8/c22-10(9-14(23)33)16(36)30-12(5-6-15(34)35)18(38)31-11(3-1-7-28-20(24)25)17(37)32-13(19(39)40)4-2-8-29-21(26)27/h10-13H,1-9,22H2,(H2,23,33)(H,30,36)(H,31,38)(H,32,37)(H,34,35)(H,39,40)(H4,24,25,28)(H4,26,27,29). The molecule has 0 aliphatic heterocycles. The van der Waals surface area contributed by atoms with Crippen LogP contribution in [0, 0.1) is 0 Å². The summed E-state index contributed by atoms with van der Waals surface area (Å²) in [4.78, 5) is 79.7. The number of aliphatic imine (C=N–C) groups is 2. The van der Waals surface area contributed by atoms with E-state index in [1.807, 2.05) is 0 Å². The second-order valence-corrected chi connectivity index (χ2v) is 8.63.